The fraction of sp³-hybridized carbons (Fsp3) is 0.211. The number of carbonyl (C=O) groups is 1. The van der Waals surface area contributed by atoms with Crippen molar-refractivity contribution in [2.45, 2.75) is 18.6 Å². The molecule has 2 aromatic rings. The Kier molecular flexibility index (Phi) is 5.50. The van der Waals surface area contributed by atoms with Crippen molar-refractivity contribution >= 4 is 29.1 Å². The Bertz CT molecular complexity index is 816. The molecule has 0 unspecified atom stereocenters. The molecule has 1 N–H and O–H groups in total. The number of hydrogen-bond acceptors (Lipinski definition) is 5. The Balaban J connectivity index is 1.61. The summed E-state index contributed by atoms with van der Waals surface area (Å²) in [6.07, 6.45) is 2.33. The Morgan fingerprint density at radius 3 is 2.76 bits per heavy atom. The zero-order valence-corrected chi connectivity index (χ0v) is 14.9. The smallest absolute Gasteiger partial charge is 0.239 e. The predicted octanol–water partition coefficient (Wildman–Crippen LogP) is 3.17. The molecule has 3 rings (SSSR count). The Labute approximate surface area is 151 Å². The highest BCUT2D eigenvalue weighted by Gasteiger charge is 2.30. The van der Waals surface area contributed by atoms with E-state index in [1.54, 1.807) is 13.3 Å². The van der Waals surface area contributed by atoms with Crippen LogP contribution in [0.2, 0.25) is 0 Å². The van der Waals surface area contributed by atoms with Crippen molar-refractivity contribution in [3.63, 3.8) is 0 Å². The highest BCUT2D eigenvalue weighted by atomic mass is 32.2. The van der Waals surface area contributed by atoms with E-state index in [1.165, 1.54) is 17.3 Å². The lowest BCUT2D eigenvalue weighted by molar-refractivity contribution is -0.118. The van der Waals surface area contributed by atoms with Crippen molar-refractivity contribution in [2.24, 2.45) is 10.2 Å². The topological polar surface area (TPSA) is 63.1 Å². The van der Waals surface area contributed by atoms with E-state index >= 15 is 0 Å². The molecule has 0 saturated carbocycles. The van der Waals surface area contributed by atoms with E-state index in [1.807, 2.05) is 49.4 Å². The summed E-state index contributed by atoms with van der Waals surface area (Å²) in [5.41, 5.74) is 3.25. The summed E-state index contributed by atoms with van der Waals surface area (Å²) in [5, 5.41) is 11.3. The number of ether oxygens (including phenoxy) is 1. The Morgan fingerprint density at radius 1 is 1.24 bits per heavy atom. The van der Waals surface area contributed by atoms with Gasteiger partial charge in [-0.05, 0) is 48.7 Å². The lowest BCUT2D eigenvalue weighted by Gasteiger charge is -2.05. The molecular weight excluding hydrogens is 334 g/mol. The molecule has 1 atom stereocenters. The summed E-state index contributed by atoms with van der Waals surface area (Å²) in [6, 6.07) is 15.7. The van der Waals surface area contributed by atoms with Crippen LogP contribution >= 0.6 is 11.8 Å². The van der Waals surface area contributed by atoms with E-state index in [9.17, 15) is 4.79 Å². The number of amidine groups is 1. The molecule has 0 aliphatic carbocycles. The van der Waals surface area contributed by atoms with Gasteiger partial charge >= 0.3 is 0 Å². The second-order valence-electron chi connectivity index (χ2n) is 5.71. The predicted molar refractivity (Wildman–Crippen MR) is 102 cm³/mol. The molecule has 1 amide bonds. The average molecular weight is 353 g/mol. The maximum absolute atomic E-state index is 12.1. The molecule has 5 nitrogen and oxygen atoms in total. The number of amides is 1. The molecule has 1 saturated heterocycles. The fourth-order valence-electron chi connectivity index (χ4n) is 2.48. The Morgan fingerprint density at radius 2 is 2.04 bits per heavy atom. The Hall–Kier alpha value is -2.60. The molecule has 0 aromatic heterocycles. The molecule has 2 aromatic carbocycles. The molecule has 0 spiro atoms. The zero-order chi connectivity index (χ0) is 17.6. The highest BCUT2D eigenvalue weighted by molar-refractivity contribution is 8.15. The molecule has 0 radical (unpaired) electrons. The van der Waals surface area contributed by atoms with Gasteiger partial charge in [0.1, 0.15) is 5.75 Å². The van der Waals surface area contributed by atoms with Gasteiger partial charge < -0.3 is 10.1 Å². The van der Waals surface area contributed by atoms with Crippen molar-refractivity contribution in [1.29, 1.82) is 0 Å². The number of benzene rings is 2. The zero-order valence-electron chi connectivity index (χ0n) is 14.1. The van der Waals surface area contributed by atoms with Gasteiger partial charge in [0, 0.05) is 0 Å². The van der Waals surface area contributed by atoms with Crippen LogP contribution in [0.15, 0.2) is 58.7 Å². The van der Waals surface area contributed by atoms with E-state index in [0.29, 0.717) is 11.6 Å². The van der Waals surface area contributed by atoms with E-state index in [-0.39, 0.29) is 11.2 Å². The monoisotopic (exact) mass is 353 g/mol. The van der Waals surface area contributed by atoms with Crippen molar-refractivity contribution in [3.8, 4) is 5.75 Å². The van der Waals surface area contributed by atoms with Crippen LogP contribution in [0.5, 0.6) is 5.75 Å². The maximum atomic E-state index is 12.1. The number of nitrogens with zero attached hydrogens (tertiary/aromatic N) is 2. The number of hydrogen-bond donors (Lipinski definition) is 1. The highest BCUT2D eigenvalue weighted by Crippen LogP contribution is 2.23. The van der Waals surface area contributed by atoms with Crippen LogP contribution in [0.4, 0.5) is 0 Å². The molecule has 1 fully saturated rings. The van der Waals surface area contributed by atoms with E-state index < -0.39 is 0 Å². The number of nitrogens with one attached hydrogen (secondary N) is 1. The fourth-order valence-corrected chi connectivity index (χ4v) is 3.44. The van der Waals surface area contributed by atoms with Crippen LogP contribution in [0.3, 0.4) is 0 Å². The van der Waals surface area contributed by atoms with E-state index in [2.05, 4.69) is 21.6 Å². The lowest BCUT2D eigenvalue weighted by atomic mass is 10.1. The number of methoxy groups -OCH3 is 1. The number of carbonyl (C=O) groups excluding carboxylic acids is 1. The third-order valence-corrected chi connectivity index (χ3v) is 4.82. The summed E-state index contributed by atoms with van der Waals surface area (Å²) in [6.45, 7) is 2.05. The molecule has 6 heteroatoms. The standard InChI is InChI=1S/C19H19N3O2S/c1-13-4-3-5-15(10-13)11-17-18(23)21-19(25-17)22-20-12-14-6-8-16(24-2)9-7-14/h3-10,12,17H,11H2,1-2H3,(H,21,22,23)/b20-12-/t17-/m1/s1. The molecule has 1 aliphatic rings. The molecular formula is C19H19N3O2S. The van der Waals surface area contributed by atoms with Crippen molar-refractivity contribution in [3.05, 3.63) is 65.2 Å². The van der Waals surface area contributed by atoms with Gasteiger partial charge in [-0.25, -0.2) is 0 Å². The summed E-state index contributed by atoms with van der Waals surface area (Å²) < 4.78 is 5.11. The second kappa shape index (κ2) is 7.98. The van der Waals surface area contributed by atoms with E-state index in [0.717, 1.165) is 16.9 Å². The third-order valence-electron chi connectivity index (χ3n) is 3.75. The lowest BCUT2D eigenvalue weighted by Crippen LogP contribution is -2.25. The maximum Gasteiger partial charge on any atom is 0.239 e. The SMILES string of the molecule is COc1ccc(/C=N\N=C2\NC(=O)[C@@H](Cc3cccc(C)c3)S2)cc1. The van der Waals surface area contributed by atoms with Crippen LogP contribution in [-0.2, 0) is 11.2 Å². The molecule has 128 valence electrons. The van der Waals surface area contributed by atoms with Gasteiger partial charge in [-0.3, -0.25) is 4.79 Å². The number of rotatable bonds is 5. The first-order valence-electron chi connectivity index (χ1n) is 7.92. The van der Waals surface area contributed by atoms with Gasteiger partial charge in [-0.15, -0.1) is 5.10 Å². The summed E-state index contributed by atoms with van der Waals surface area (Å²) >= 11 is 1.42. The quantitative estimate of drug-likeness (QED) is 0.663. The van der Waals surface area contributed by atoms with Gasteiger partial charge in [0.15, 0.2) is 5.17 Å². The normalized spacial score (nSPS) is 18.7. The minimum absolute atomic E-state index is 0.0232. The largest absolute Gasteiger partial charge is 0.497 e. The third kappa shape index (κ3) is 4.70. The molecule has 1 aliphatic heterocycles. The van der Waals surface area contributed by atoms with E-state index in [4.69, 9.17) is 4.74 Å². The van der Waals surface area contributed by atoms with Crippen LogP contribution < -0.4 is 10.1 Å². The summed E-state index contributed by atoms with van der Waals surface area (Å²) in [7, 11) is 1.63. The number of aryl methyl sites for hydroxylation is 1. The first kappa shape index (κ1) is 17.2. The minimum atomic E-state index is -0.170. The molecule has 0 bridgehead atoms. The van der Waals surface area contributed by atoms with Gasteiger partial charge in [-0.2, -0.15) is 5.10 Å². The van der Waals surface area contributed by atoms with Gasteiger partial charge in [0.05, 0.1) is 18.6 Å². The molecule has 25 heavy (non-hydrogen) atoms. The number of thioether (sulfide) groups is 1. The van der Waals surface area contributed by atoms with Crippen molar-refractivity contribution < 1.29 is 9.53 Å². The van der Waals surface area contributed by atoms with Gasteiger partial charge in [0.25, 0.3) is 0 Å². The summed E-state index contributed by atoms with van der Waals surface area (Å²) in [5.74, 6) is 0.769. The van der Waals surface area contributed by atoms with Crippen molar-refractivity contribution in [1.82, 2.24) is 5.32 Å². The first-order chi connectivity index (χ1) is 12.1. The average Bonchev–Trinajstić information content (AvgIpc) is 2.95. The first-order valence-corrected chi connectivity index (χ1v) is 8.80. The second-order valence-corrected chi connectivity index (χ2v) is 6.90. The van der Waals surface area contributed by atoms with Crippen LogP contribution in [0, 0.1) is 6.92 Å². The van der Waals surface area contributed by atoms with Crippen molar-refractivity contribution in [2.75, 3.05) is 7.11 Å². The summed E-state index contributed by atoms with van der Waals surface area (Å²) in [4.78, 5) is 12.1. The minimum Gasteiger partial charge on any atom is -0.497 e. The van der Waals surface area contributed by atoms with Crippen LogP contribution in [0.1, 0.15) is 16.7 Å². The van der Waals surface area contributed by atoms with Gasteiger partial charge in [-0.1, -0.05) is 41.6 Å². The molecule has 1 heterocycles. The van der Waals surface area contributed by atoms with Crippen LogP contribution in [0.25, 0.3) is 0 Å². The van der Waals surface area contributed by atoms with Crippen LogP contribution in [-0.4, -0.2) is 29.6 Å². The van der Waals surface area contributed by atoms with Gasteiger partial charge in [0.2, 0.25) is 5.91 Å².